The molecule has 0 aliphatic carbocycles. The molecule has 1 aromatic heterocycles. The number of aromatic nitrogens is 2. The van der Waals surface area contributed by atoms with E-state index in [2.05, 4.69) is 25.7 Å². The number of nitrogens with zero attached hydrogens (tertiary/aromatic N) is 3. The Morgan fingerprint density at radius 3 is 2.85 bits per heavy atom. The van der Waals surface area contributed by atoms with Gasteiger partial charge in [0.05, 0.1) is 12.3 Å². The van der Waals surface area contributed by atoms with E-state index in [0.29, 0.717) is 24.5 Å². The summed E-state index contributed by atoms with van der Waals surface area (Å²) in [6.07, 6.45) is 3.77. The Morgan fingerprint density at radius 1 is 1.22 bits per heavy atom. The smallest absolute Gasteiger partial charge is 0.132 e. The minimum Gasteiger partial charge on any atom is -0.378 e. The van der Waals surface area contributed by atoms with Crippen molar-refractivity contribution in [2.24, 2.45) is 5.92 Å². The fraction of sp³-hybridized carbons (Fsp3) is 0.500. The molecule has 2 aliphatic rings. The molecule has 0 spiro atoms. The summed E-state index contributed by atoms with van der Waals surface area (Å²) in [5.74, 6) is 1.65. The molecule has 2 saturated heterocycles. The number of hydrazine groups is 1. The molecule has 2 atom stereocenters. The van der Waals surface area contributed by atoms with Crippen molar-refractivity contribution in [2.45, 2.75) is 31.4 Å². The minimum atomic E-state index is -0.163. The summed E-state index contributed by atoms with van der Waals surface area (Å²) in [5, 5.41) is 0. The van der Waals surface area contributed by atoms with Crippen LogP contribution in [0.25, 0.3) is 0 Å². The maximum Gasteiger partial charge on any atom is 0.132 e. The molecule has 1 aromatic carbocycles. The highest BCUT2D eigenvalue weighted by Crippen LogP contribution is 2.33. The molecule has 0 radical (unpaired) electrons. The first-order valence-electron chi connectivity index (χ1n) is 9.53. The maximum absolute atomic E-state index is 13.6. The summed E-state index contributed by atoms with van der Waals surface area (Å²) >= 11 is 0. The third kappa shape index (κ3) is 4.10. The molecule has 3 heterocycles. The van der Waals surface area contributed by atoms with Crippen molar-refractivity contribution in [3.05, 3.63) is 53.7 Å². The quantitative estimate of drug-likeness (QED) is 0.841. The molecule has 0 bridgehead atoms. The van der Waals surface area contributed by atoms with E-state index >= 15 is 0 Å². The van der Waals surface area contributed by atoms with Crippen LogP contribution in [0.4, 0.5) is 10.2 Å². The second kappa shape index (κ2) is 8.29. The Balaban J connectivity index is 1.40. The maximum atomic E-state index is 13.6. The standard InChI is InChI=1S/C20H26FN5O/c1-27-12-17-10-19(23-13-22-17)26-7-5-14(6-8-26)20-18(11-24-25-20)15-3-2-4-16(21)9-15/h2-4,9-10,13-14,18,20,24-25H,5-8,11-12H2,1H3. The first kappa shape index (κ1) is 18.3. The zero-order valence-electron chi connectivity index (χ0n) is 15.6. The van der Waals surface area contributed by atoms with Crippen molar-refractivity contribution >= 4 is 5.82 Å². The number of rotatable bonds is 5. The summed E-state index contributed by atoms with van der Waals surface area (Å²) in [6.45, 7) is 3.25. The van der Waals surface area contributed by atoms with Crippen molar-refractivity contribution < 1.29 is 9.13 Å². The van der Waals surface area contributed by atoms with Gasteiger partial charge in [0, 0.05) is 44.8 Å². The predicted molar refractivity (Wildman–Crippen MR) is 102 cm³/mol. The Hall–Kier alpha value is -2.09. The van der Waals surface area contributed by atoms with Crippen LogP contribution in [0.5, 0.6) is 0 Å². The van der Waals surface area contributed by atoms with Gasteiger partial charge in [-0.2, -0.15) is 0 Å². The second-order valence-corrected chi connectivity index (χ2v) is 7.34. The summed E-state index contributed by atoms with van der Waals surface area (Å²) in [5.41, 5.74) is 8.69. The van der Waals surface area contributed by atoms with Crippen molar-refractivity contribution in [1.82, 2.24) is 20.8 Å². The fourth-order valence-electron chi connectivity index (χ4n) is 4.30. The Labute approximate surface area is 159 Å². The van der Waals surface area contributed by atoms with E-state index in [4.69, 9.17) is 4.74 Å². The molecule has 4 rings (SSSR count). The number of hydrogen-bond acceptors (Lipinski definition) is 6. The number of nitrogens with one attached hydrogen (secondary N) is 2. The lowest BCUT2D eigenvalue weighted by Gasteiger charge is -2.37. The summed E-state index contributed by atoms with van der Waals surface area (Å²) in [7, 11) is 1.67. The fourth-order valence-corrected chi connectivity index (χ4v) is 4.30. The first-order chi connectivity index (χ1) is 13.2. The molecule has 2 fully saturated rings. The topological polar surface area (TPSA) is 62.3 Å². The molecule has 2 aromatic rings. The van der Waals surface area contributed by atoms with Gasteiger partial charge in [-0.3, -0.25) is 10.9 Å². The largest absolute Gasteiger partial charge is 0.378 e. The average Bonchev–Trinajstić information content (AvgIpc) is 3.19. The van der Waals surface area contributed by atoms with Crippen LogP contribution in [0.1, 0.15) is 30.0 Å². The number of benzene rings is 1. The lowest BCUT2D eigenvalue weighted by atomic mass is 9.80. The van der Waals surface area contributed by atoms with Crippen LogP contribution in [0.15, 0.2) is 36.7 Å². The highest BCUT2D eigenvalue weighted by Gasteiger charge is 2.36. The monoisotopic (exact) mass is 371 g/mol. The highest BCUT2D eigenvalue weighted by molar-refractivity contribution is 5.39. The van der Waals surface area contributed by atoms with E-state index in [9.17, 15) is 4.39 Å². The second-order valence-electron chi connectivity index (χ2n) is 7.34. The molecule has 6 nitrogen and oxygen atoms in total. The number of hydrogen-bond donors (Lipinski definition) is 2. The SMILES string of the molecule is COCc1cc(N2CCC(C3NNCC3c3cccc(F)c3)CC2)ncn1. The van der Waals surface area contributed by atoms with E-state index in [1.54, 1.807) is 25.6 Å². The van der Waals surface area contributed by atoms with Crippen LogP contribution in [0.2, 0.25) is 0 Å². The van der Waals surface area contributed by atoms with Crippen molar-refractivity contribution in [2.75, 3.05) is 31.6 Å². The molecule has 0 saturated carbocycles. The van der Waals surface area contributed by atoms with Gasteiger partial charge >= 0.3 is 0 Å². The van der Waals surface area contributed by atoms with Gasteiger partial charge in [0.15, 0.2) is 0 Å². The van der Waals surface area contributed by atoms with E-state index in [0.717, 1.165) is 49.6 Å². The van der Waals surface area contributed by atoms with Gasteiger partial charge in [-0.15, -0.1) is 0 Å². The van der Waals surface area contributed by atoms with Gasteiger partial charge in [0.1, 0.15) is 18.0 Å². The summed E-state index contributed by atoms with van der Waals surface area (Å²) in [4.78, 5) is 11.0. The first-order valence-corrected chi connectivity index (χ1v) is 9.53. The van der Waals surface area contributed by atoms with Crippen LogP contribution in [0, 0.1) is 11.7 Å². The lowest BCUT2D eigenvalue weighted by Crippen LogP contribution is -2.44. The number of ether oxygens (including phenoxy) is 1. The molecule has 144 valence electrons. The van der Waals surface area contributed by atoms with Crippen LogP contribution in [-0.2, 0) is 11.3 Å². The molecule has 27 heavy (non-hydrogen) atoms. The van der Waals surface area contributed by atoms with Crippen LogP contribution in [-0.4, -0.2) is 42.8 Å². The van der Waals surface area contributed by atoms with E-state index in [-0.39, 0.29) is 5.82 Å². The van der Waals surface area contributed by atoms with Gasteiger partial charge < -0.3 is 9.64 Å². The number of piperidine rings is 1. The van der Waals surface area contributed by atoms with Crippen LogP contribution in [0.3, 0.4) is 0 Å². The zero-order valence-corrected chi connectivity index (χ0v) is 15.6. The molecule has 2 N–H and O–H groups in total. The molecule has 2 unspecified atom stereocenters. The van der Waals surface area contributed by atoms with E-state index in [1.807, 2.05) is 12.1 Å². The van der Waals surface area contributed by atoms with Gasteiger partial charge in [0.25, 0.3) is 0 Å². The molecule has 0 amide bonds. The third-order valence-electron chi connectivity index (χ3n) is 5.67. The number of methoxy groups -OCH3 is 1. The highest BCUT2D eigenvalue weighted by atomic mass is 19.1. The predicted octanol–water partition coefficient (Wildman–Crippen LogP) is 2.24. The summed E-state index contributed by atoms with van der Waals surface area (Å²) < 4.78 is 18.8. The molecular weight excluding hydrogens is 345 g/mol. The van der Waals surface area contributed by atoms with Gasteiger partial charge in [0.2, 0.25) is 0 Å². The van der Waals surface area contributed by atoms with E-state index < -0.39 is 0 Å². The number of halogens is 1. The Kier molecular flexibility index (Phi) is 5.61. The molecule has 2 aliphatic heterocycles. The van der Waals surface area contributed by atoms with Gasteiger partial charge in [-0.05, 0) is 36.5 Å². The molecular formula is C20H26FN5O. The lowest BCUT2D eigenvalue weighted by molar-refractivity contribution is 0.181. The van der Waals surface area contributed by atoms with E-state index in [1.165, 1.54) is 6.07 Å². The Bertz CT molecular complexity index is 766. The van der Waals surface area contributed by atoms with Crippen LogP contribution < -0.4 is 15.8 Å². The minimum absolute atomic E-state index is 0.163. The average molecular weight is 371 g/mol. The Morgan fingerprint density at radius 2 is 2.07 bits per heavy atom. The van der Waals surface area contributed by atoms with Crippen molar-refractivity contribution in [1.29, 1.82) is 0 Å². The third-order valence-corrected chi connectivity index (χ3v) is 5.67. The molecule has 7 heteroatoms. The van der Waals surface area contributed by atoms with Crippen LogP contribution >= 0.6 is 0 Å². The van der Waals surface area contributed by atoms with Crippen molar-refractivity contribution in [3.63, 3.8) is 0 Å². The van der Waals surface area contributed by atoms with Crippen molar-refractivity contribution in [3.8, 4) is 0 Å². The zero-order chi connectivity index (χ0) is 18.6. The van der Waals surface area contributed by atoms with Gasteiger partial charge in [-0.1, -0.05) is 12.1 Å². The number of anilines is 1. The summed E-state index contributed by atoms with van der Waals surface area (Å²) in [6, 6.07) is 9.34. The normalized spacial score (nSPS) is 23.7. The van der Waals surface area contributed by atoms with Gasteiger partial charge in [-0.25, -0.2) is 14.4 Å².